The third kappa shape index (κ3) is 2.67. The highest BCUT2D eigenvalue weighted by atomic mass is 16.5. The van der Waals surface area contributed by atoms with E-state index in [0.29, 0.717) is 23.6 Å². The number of amides is 1. The number of rotatable bonds is 4. The van der Waals surface area contributed by atoms with Gasteiger partial charge in [-0.05, 0) is 29.8 Å². The molecular formula is C14H14N2O2. The lowest BCUT2D eigenvalue weighted by Crippen LogP contribution is -2.12. The van der Waals surface area contributed by atoms with Gasteiger partial charge in [0.05, 0.1) is 5.56 Å². The normalized spacial score (nSPS) is 10.1. The minimum absolute atomic E-state index is 0.357. The summed E-state index contributed by atoms with van der Waals surface area (Å²) in [6.07, 6.45) is 0. The van der Waals surface area contributed by atoms with Gasteiger partial charge in [-0.1, -0.05) is 24.3 Å². The number of hydrogen-bond donors (Lipinski definition) is 2. The average Bonchev–Trinajstić information content (AvgIpc) is 2.39. The average molecular weight is 242 g/mol. The fourth-order valence-corrected chi connectivity index (χ4v) is 1.62. The second-order valence-corrected chi connectivity index (χ2v) is 3.81. The number of carbonyl (C=O) groups excluding carboxylic acids is 1. The van der Waals surface area contributed by atoms with Crippen LogP contribution in [-0.4, -0.2) is 5.91 Å². The van der Waals surface area contributed by atoms with Crippen molar-refractivity contribution >= 4 is 5.91 Å². The number of carbonyl (C=O) groups is 1. The second-order valence-electron chi connectivity index (χ2n) is 3.81. The molecule has 2 rings (SSSR count). The van der Waals surface area contributed by atoms with E-state index < -0.39 is 5.91 Å². The molecule has 2 aromatic carbocycles. The molecule has 0 saturated carbocycles. The quantitative estimate of drug-likeness (QED) is 0.861. The predicted molar refractivity (Wildman–Crippen MR) is 69.4 cm³/mol. The van der Waals surface area contributed by atoms with Crippen molar-refractivity contribution in [3.63, 3.8) is 0 Å². The van der Waals surface area contributed by atoms with Crippen LogP contribution in [0.15, 0.2) is 48.5 Å². The van der Waals surface area contributed by atoms with Crippen LogP contribution in [0.25, 0.3) is 0 Å². The first-order valence-corrected chi connectivity index (χ1v) is 5.56. The molecule has 0 radical (unpaired) electrons. The molecule has 0 atom stereocenters. The molecule has 0 saturated heterocycles. The van der Waals surface area contributed by atoms with Crippen LogP contribution in [0, 0.1) is 0 Å². The largest absolute Gasteiger partial charge is 0.457 e. The van der Waals surface area contributed by atoms with E-state index in [4.69, 9.17) is 16.2 Å². The molecule has 0 spiro atoms. The highest BCUT2D eigenvalue weighted by molar-refractivity contribution is 5.95. The molecule has 0 fully saturated rings. The molecule has 1 amide bonds. The van der Waals surface area contributed by atoms with Crippen molar-refractivity contribution < 1.29 is 9.53 Å². The van der Waals surface area contributed by atoms with Gasteiger partial charge in [0.2, 0.25) is 0 Å². The molecule has 18 heavy (non-hydrogen) atoms. The number of primary amides is 1. The third-order valence-corrected chi connectivity index (χ3v) is 2.51. The number of ether oxygens (including phenoxy) is 1. The summed E-state index contributed by atoms with van der Waals surface area (Å²) in [6, 6.07) is 14.3. The predicted octanol–water partition coefficient (Wildman–Crippen LogP) is 2.04. The lowest BCUT2D eigenvalue weighted by Gasteiger charge is -2.09. The van der Waals surface area contributed by atoms with E-state index in [1.165, 1.54) is 0 Å². The van der Waals surface area contributed by atoms with E-state index >= 15 is 0 Å². The summed E-state index contributed by atoms with van der Waals surface area (Å²) in [7, 11) is 0. The fraction of sp³-hybridized carbons (Fsp3) is 0.0714. The molecule has 4 heteroatoms. The van der Waals surface area contributed by atoms with E-state index in [9.17, 15) is 4.79 Å². The highest BCUT2D eigenvalue weighted by Gasteiger charge is 2.09. The minimum atomic E-state index is -0.513. The van der Waals surface area contributed by atoms with Gasteiger partial charge in [-0.15, -0.1) is 0 Å². The third-order valence-electron chi connectivity index (χ3n) is 2.51. The van der Waals surface area contributed by atoms with Crippen LogP contribution in [0.1, 0.15) is 15.9 Å². The first kappa shape index (κ1) is 12.1. The Morgan fingerprint density at radius 2 is 1.89 bits per heavy atom. The van der Waals surface area contributed by atoms with Crippen molar-refractivity contribution in [2.45, 2.75) is 6.54 Å². The Morgan fingerprint density at radius 3 is 2.61 bits per heavy atom. The molecule has 92 valence electrons. The molecule has 0 aliphatic rings. The summed E-state index contributed by atoms with van der Waals surface area (Å²) in [5.41, 5.74) is 12.2. The van der Waals surface area contributed by atoms with Crippen LogP contribution in [-0.2, 0) is 6.54 Å². The van der Waals surface area contributed by atoms with E-state index in [-0.39, 0.29) is 0 Å². The molecule has 0 bridgehead atoms. The summed E-state index contributed by atoms with van der Waals surface area (Å²) < 4.78 is 5.66. The lowest BCUT2D eigenvalue weighted by molar-refractivity contribution is 0.0998. The number of para-hydroxylation sites is 1. The van der Waals surface area contributed by atoms with Crippen molar-refractivity contribution in [2.24, 2.45) is 11.5 Å². The summed E-state index contributed by atoms with van der Waals surface area (Å²) in [5, 5.41) is 0. The Kier molecular flexibility index (Phi) is 3.60. The van der Waals surface area contributed by atoms with Crippen molar-refractivity contribution in [2.75, 3.05) is 0 Å². The summed E-state index contributed by atoms with van der Waals surface area (Å²) in [4.78, 5) is 11.3. The zero-order chi connectivity index (χ0) is 13.0. The molecule has 2 aromatic rings. The molecule has 0 unspecified atom stereocenters. The zero-order valence-corrected chi connectivity index (χ0v) is 9.80. The van der Waals surface area contributed by atoms with Gasteiger partial charge in [0.15, 0.2) is 0 Å². The molecule has 0 aliphatic carbocycles. The van der Waals surface area contributed by atoms with Gasteiger partial charge in [-0.25, -0.2) is 0 Å². The van der Waals surface area contributed by atoms with Crippen molar-refractivity contribution in [1.82, 2.24) is 0 Å². The minimum Gasteiger partial charge on any atom is -0.457 e. The number of hydrogen-bond acceptors (Lipinski definition) is 3. The smallest absolute Gasteiger partial charge is 0.252 e. The standard InChI is InChI=1S/C14H14N2O2/c15-9-10-4-3-5-11(8-10)18-13-7-2-1-6-12(13)14(16)17/h1-8H,9,15H2,(H2,16,17). The van der Waals surface area contributed by atoms with Gasteiger partial charge < -0.3 is 16.2 Å². The first-order chi connectivity index (χ1) is 8.70. The van der Waals surface area contributed by atoms with Gasteiger partial charge in [-0.3, -0.25) is 4.79 Å². The Labute approximate surface area is 105 Å². The van der Waals surface area contributed by atoms with E-state index in [0.717, 1.165) is 5.56 Å². The molecule has 4 nitrogen and oxygen atoms in total. The van der Waals surface area contributed by atoms with Crippen LogP contribution >= 0.6 is 0 Å². The van der Waals surface area contributed by atoms with Gasteiger partial charge in [0, 0.05) is 6.54 Å². The van der Waals surface area contributed by atoms with Crippen LogP contribution in [0.3, 0.4) is 0 Å². The fourth-order valence-electron chi connectivity index (χ4n) is 1.62. The second kappa shape index (κ2) is 5.33. The summed E-state index contributed by atoms with van der Waals surface area (Å²) in [5.74, 6) is 0.561. The Hall–Kier alpha value is -2.33. The number of nitrogens with two attached hydrogens (primary N) is 2. The van der Waals surface area contributed by atoms with Crippen LogP contribution in [0.2, 0.25) is 0 Å². The van der Waals surface area contributed by atoms with Crippen LogP contribution in [0.4, 0.5) is 0 Å². The topological polar surface area (TPSA) is 78.3 Å². The summed E-state index contributed by atoms with van der Waals surface area (Å²) in [6.45, 7) is 0.439. The molecule has 0 heterocycles. The van der Waals surface area contributed by atoms with E-state index in [1.807, 2.05) is 18.2 Å². The zero-order valence-electron chi connectivity index (χ0n) is 9.80. The maximum absolute atomic E-state index is 11.3. The Bertz CT molecular complexity index is 567. The van der Waals surface area contributed by atoms with Crippen LogP contribution in [0.5, 0.6) is 11.5 Å². The molecule has 0 aromatic heterocycles. The van der Waals surface area contributed by atoms with Gasteiger partial charge in [-0.2, -0.15) is 0 Å². The van der Waals surface area contributed by atoms with Gasteiger partial charge in [0.1, 0.15) is 11.5 Å². The van der Waals surface area contributed by atoms with E-state index in [1.54, 1.807) is 30.3 Å². The molecular weight excluding hydrogens is 228 g/mol. The Balaban J connectivity index is 2.31. The number of benzene rings is 2. The highest BCUT2D eigenvalue weighted by Crippen LogP contribution is 2.25. The first-order valence-electron chi connectivity index (χ1n) is 5.56. The maximum atomic E-state index is 11.3. The molecule has 0 aliphatic heterocycles. The maximum Gasteiger partial charge on any atom is 0.252 e. The Morgan fingerprint density at radius 1 is 1.11 bits per heavy atom. The van der Waals surface area contributed by atoms with Crippen molar-refractivity contribution in [3.05, 3.63) is 59.7 Å². The lowest BCUT2D eigenvalue weighted by atomic mass is 10.2. The van der Waals surface area contributed by atoms with E-state index in [2.05, 4.69) is 0 Å². The van der Waals surface area contributed by atoms with Gasteiger partial charge in [0.25, 0.3) is 5.91 Å². The molecule has 4 N–H and O–H groups in total. The van der Waals surface area contributed by atoms with Crippen LogP contribution < -0.4 is 16.2 Å². The monoisotopic (exact) mass is 242 g/mol. The van der Waals surface area contributed by atoms with Gasteiger partial charge >= 0.3 is 0 Å². The SMILES string of the molecule is NCc1cccc(Oc2ccccc2C(N)=O)c1. The van der Waals surface area contributed by atoms with Crippen molar-refractivity contribution in [3.8, 4) is 11.5 Å². The van der Waals surface area contributed by atoms with Crippen molar-refractivity contribution in [1.29, 1.82) is 0 Å². The summed E-state index contributed by atoms with van der Waals surface area (Å²) >= 11 is 0.